The van der Waals surface area contributed by atoms with E-state index >= 15 is 0 Å². The molecular formula is C15H13Br2NO3. The van der Waals surface area contributed by atoms with Crippen molar-refractivity contribution in [1.29, 1.82) is 0 Å². The second kappa shape index (κ2) is 6.49. The number of rotatable bonds is 3. The van der Waals surface area contributed by atoms with Crippen LogP contribution >= 0.6 is 31.9 Å². The van der Waals surface area contributed by atoms with E-state index < -0.39 is 0 Å². The molecule has 0 saturated heterocycles. The van der Waals surface area contributed by atoms with Crippen molar-refractivity contribution in [1.82, 2.24) is 0 Å². The Bertz CT molecular complexity index is 715. The lowest BCUT2D eigenvalue weighted by atomic mass is 10.2. The van der Waals surface area contributed by atoms with Gasteiger partial charge in [-0.25, -0.2) is 0 Å². The first-order chi connectivity index (χ1) is 9.93. The van der Waals surface area contributed by atoms with Gasteiger partial charge >= 0.3 is 0 Å². The lowest BCUT2D eigenvalue weighted by Gasteiger charge is -2.10. The normalized spacial score (nSPS) is 11.0. The highest BCUT2D eigenvalue weighted by molar-refractivity contribution is 9.13. The van der Waals surface area contributed by atoms with Crippen molar-refractivity contribution in [3.05, 3.63) is 44.3 Å². The van der Waals surface area contributed by atoms with Crippen LogP contribution in [0, 0.1) is 6.92 Å². The quantitative estimate of drug-likeness (QED) is 0.716. The summed E-state index contributed by atoms with van der Waals surface area (Å²) in [6, 6.07) is 6.84. The van der Waals surface area contributed by atoms with Crippen molar-refractivity contribution in [3.8, 4) is 17.2 Å². The number of hydrogen-bond acceptors (Lipinski definition) is 4. The van der Waals surface area contributed by atoms with Crippen LogP contribution < -0.4 is 4.74 Å². The summed E-state index contributed by atoms with van der Waals surface area (Å²) in [5, 5.41) is 20.0. The predicted octanol–water partition coefficient (Wildman–Crippen LogP) is 4.69. The van der Waals surface area contributed by atoms with E-state index in [4.69, 9.17) is 4.74 Å². The minimum absolute atomic E-state index is 0.0251. The van der Waals surface area contributed by atoms with Crippen LogP contribution in [0.1, 0.15) is 11.1 Å². The SMILES string of the molecule is COc1cc(Br)c(Br)c(C=Nc2ccc(C)cc2O)c1O. The monoisotopic (exact) mass is 413 g/mol. The molecule has 0 spiro atoms. The lowest BCUT2D eigenvalue weighted by molar-refractivity contribution is 0.372. The van der Waals surface area contributed by atoms with E-state index in [-0.39, 0.29) is 11.5 Å². The number of phenols is 2. The van der Waals surface area contributed by atoms with Gasteiger partial charge in [0.2, 0.25) is 0 Å². The number of methoxy groups -OCH3 is 1. The van der Waals surface area contributed by atoms with Crippen LogP contribution in [0.4, 0.5) is 5.69 Å². The van der Waals surface area contributed by atoms with Crippen LogP contribution in [0.25, 0.3) is 0 Å². The maximum atomic E-state index is 10.2. The Morgan fingerprint density at radius 2 is 1.90 bits per heavy atom. The van der Waals surface area contributed by atoms with Gasteiger partial charge in [0.25, 0.3) is 0 Å². The highest BCUT2D eigenvalue weighted by Gasteiger charge is 2.14. The van der Waals surface area contributed by atoms with Crippen molar-refractivity contribution in [3.63, 3.8) is 0 Å². The maximum absolute atomic E-state index is 10.2. The van der Waals surface area contributed by atoms with Gasteiger partial charge in [0.1, 0.15) is 11.4 Å². The summed E-state index contributed by atoms with van der Waals surface area (Å²) in [5.41, 5.74) is 1.83. The summed E-state index contributed by atoms with van der Waals surface area (Å²) in [6.45, 7) is 1.88. The third kappa shape index (κ3) is 3.39. The number of halogens is 2. The van der Waals surface area contributed by atoms with Crippen LogP contribution in [0.15, 0.2) is 38.2 Å². The first-order valence-corrected chi connectivity index (χ1v) is 7.61. The fourth-order valence-corrected chi connectivity index (χ4v) is 2.59. The highest BCUT2D eigenvalue weighted by atomic mass is 79.9. The third-order valence-electron chi connectivity index (χ3n) is 2.88. The minimum Gasteiger partial charge on any atom is -0.506 e. The van der Waals surface area contributed by atoms with Gasteiger partial charge in [-0.05, 0) is 62.5 Å². The number of aliphatic imine (C=N–C) groups is 1. The molecule has 0 unspecified atom stereocenters. The molecule has 2 N–H and O–H groups in total. The summed E-state index contributed by atoms with van der Waals surface area (Å²) in [4.78, 5) is 4.21. The van der Waals surface area contributed by atoms with Gasteiger partial charge in [0.15, 0.2) is 11.5 Å². The van der Waals surface area contributed by atoms with Gasteiger partial charge in [0.05, 0.1) is 12.7 Å². The summed E-state index contributed by atoms with van der Waals surface area (Å²) in [5.74, 6) is 0.395. The molecule has 0 aliphatic heterocycles. The van der Waals surface area contributed by atoms with E-state index in [2.05, 4.69) is 36.9 Å². The molecule has 0 saturated carbocycles. The molecule has 4 nitrogen and oxygen atoms in total. The van der Waals surface area contributed by atoms with Crippen molar-refractivity contribution in [2.75, 3.05) is 7.11 Å². The molecule has 0 fully saturated rings. The molecule has 0 amide bonds. The molecule has 0 radical (unpaired) electrons. The number of hydrogen-bond donors (Lipinski definition) is 2. The summed E-state index contributed by atoms with van der Waals surface area (Å²) in [7, 11) is 1.47. The Labute approximate surface area is 139 Å². The van der Waals surface area contributed by atoms with Gasteiger partial charge in [-0.2, -0.15) is 0 Å². The molecule has 0 aliphatic rings. The van der Waals surface area contributed by atoms with E-state index in [0.717, 1.165) is 10.0 Å². The molecular weight excluding hydrogens is 402 g/mol. The number of nitrogens with zero attached hydrogens (tertiary/aromatic N) is 1. The lowest BCUT2D eigenvalue weighted by Crippen LogP contribution is -1.91. The molecule has 0 atom stereocenters. The summed E-state index contributed by atoms with van der Waals surface area (Å²) >= 11 is 6.75. The van der Waals surface area contributed by atoms with E-state index in [0.29, 0.717) is 21.5 Å². The Balaban J connectivity index is 2.48. The van der Waals surface area contributed by atoms with Crippen LogP contribution in [-0.2, 0) is 0 Å². The van der Waals surface area contributed by atoms with Crippen molar-refractivity contribution in [2.24, 2.45) is 4.99 Å². The number of aromatic hydroxyl groups is 2. The molecule has 0 aliphatic carbocycles. The van der Waals surface area contributed by atoms with E-state index in [1.165, 1.54) is 13.3 Å². The molecule has 2 aromatic carbocycles. The smallest absolute Gasteiger partial charge is 0.167 e. The average molecular weight is 415 g/mol. The minimum atomic E-state index is -0.0251. The standard InChI is InChI=1S/C15H13Br2NO3/c1-8-3-4-11(12(19)5-8)18-7-9-14(17)10(16)6-13(21-2)15(9)20/h3-7,19-20H,1-2H3. The first kappa shape index (κ1) is 15.9. The van der Waals surface area contributed by atoms with Gasteiger partial charge < -0.3 is 14.9 Å². The number of benzene rings is 2. The van der Waals surface area contributed by atoms with Crippen molar-refractivity contribution in [2.45, 2.75) is 6.92 Å². The van der Waals surface area contributed by atoms with Crippen LogP contribution in [0.2, 0.25) is 0 Å². The fraction of sp³-hybridized carbons (Fsp3) is 0.133. The van der Waals surface area contributed by atoms with Gasteiger partial charge in [-0.1, -0.05) is 6.07 Å². The Hall–Kier alpha value is -1.53. The van der Waals surface area contributed by atoms with E-state index in [9.17, 15) is 10.2 Å². The first-order valence-electron chi connectivity index (χ1n) is 6.02. The van der Waals surface area contributed by atoms with E-state index in [1.807, 2.05) is 13.0 Å². The molecule has 2 rings (SSSR count). The predicted molar refractivity (Wildman–Crippen MR) is 90.2 cm³/mol. The zero-order chi connectivity index (χ0) is 15.6. The second-order valence-electron chi connectivity index (χ2n) is 4.39. The maximum Gasteiger partial charge on any atom is 0.167 e. The summed E-state index contributed by atoms with van der Waals surface area (Å²) < 4.78 is 6.48. The molecule has 0 heterocycles. The molecule has 21 heavy (non-hydrogen) atoms. The topological polar surface area (TPSA) is 62.0 Å². The zero-order valence-corrected chi connectivity index (χ0v) is 14.6. The molecule has 0 aromatic heterocycles. The fourth-order valence-electron chi connectivity index (χ4n) is 1.76. The second-order valence-corrected chi connectivity index (χ2v) is 6.03. The van der Waals surface area contributed by atoms with Gasteiger partial charge in [-0.15, -0.1) is 0 Å². The Morgan fingerprint density at radius 1 is 1.19 bits per heavy atom. The van der Waals surface area contributed by atoms with Crippen molar-refractivity contribution >= 4 is 43.8 Å². The van der Waals surface area contributed by atoms with Gasteiger partial charge in [-0.3, -0.25) is 4.99 Å². The van der Waals surface area contributed by atoms with Gasteiger partial charge in [0, 0.05) is 15.2 Å². The Morgan fingerprint density at radius 3 is 2.52 bits per heavy atom. The zero-order valence-electron chi connectivity index (χ0n) is 11.4. The molecule has 0 bridgehead atoms. The van der Waals surface area contributed by atoms with Crippen LogP contribution in [-0.4, -0.2) is 23.5 Å². The molecule has 2 aromatic rings. The largest absolute Gasteiger partial charge is 0.506 e. The summed E-state index contributed by atoms with van der Waals surface area (Å²) in [6.07, 6.45) is 1.47. The number of aryl methyl sites for hydroxylation is 1. The van der Waals surface area contributed by atoms with E-state index in [1.54, 1.807) is 18.2 Å². The highest BCUT2D eigenvalue weighted by Crippen LogP contribution is 2.40. The van der Waals surface area contributed by atoms with Crippen molar-refractivity contribution < 1.29 is 14.9 Å². The molecule has 6 heteroatoms. The number of ether oxygens (including phenoxy) is 1. The third-order valence-corrected chi connectivity index (χ3v) is 4.89. The number of phenolic OH excluding ortho intramolecular Hbond substituents is 2. The van der Waals surface area contributed by atoms with Crippen LogP contribution in [0.5, 0.6) is 17.2 Å². The Kier molecular flexibility index (Phi) is 4.90. The average Bonchev–Trinajstić information content (AvgIpc) is 2.44. The van der Waals surface area contributed by atoms with Crippen LogP contribution in [0.3, 0.4) is 0 Å². The molecule has 110 valence electrons.